The summed E-state index contributed by atoms with van der Waals surface area (Å²) in [7, 11) is 0. The topological polar surface area (TPSA) is 45.2 Å². The fourth-order valence-electron chi connectivity index (χ4n) is 2.53. The fourth-order valence-corrected chi connectivity index (χ4v) is 2.64. The molecule has 0 bridgehead atoms. The summed E-state index contributed by atoms with van der Waals surface area (Å²) in [5.74, 6) is 0.372. The number of hydrogen-bond acceptors (Lipinski definition) is 3. The minimum absolute atomic E-state index is 0.0836. The Hall–Kier alpha value is -1.13. The molecule has 0 aromatic carbocycles. The van der Waals surface area contributed by atoms with Crippen LogP contribution in [0.15, 0.2) is 18.3 Å². The maximum atomic E-state index is 11.9. The molecule has 1 amide bonds. The predicted molar refractivity (Wildman–Crippen MR) is 81.0 cm³/mol. The minimum atomic E-state index is -0.0836. The van der Waals surface area contributed by atoms with Gasteiger partial charge in [0.05, 0.1) is 5.56 Å². The zero-order chi connectivity index (χ0) is 14.4. The van der Waals surface area contributed by atoms with Crippen molar-refractivity contribution in [3.05, 3.63) is 29.0 Å². The van der Waals surface area contributed by atoms with Crippen molar-refractivity contribution in [2.75, 3.05) is 26.2 Å². The molecule has 0 saturated carbocycles. The zero-order valence-corrected chi connectivity index (χ0v) is 12.7. The predicted octanol–water partition coefficient (Wildman–Crippen LogP) is 2.59. The average Bonchev–Trinajstić information content (AvgIpc) is 2.46. The van der Waals surface area contributed by atoms with E-state index >= 15 is 0 Å². The Labute approximate surface area is 125 Å². The molecule has 1 unspecified atom stereocenters. The summed E-state index contributed by atoms with van der Waals surface area (Å²) >= 11 is 5.70. The van der Waals surface area contributed by atoms with Gasteiger partial charge < -0.3 is 10.2 Å². The number of carbonyl (C=O) groups excluding carboxylic acids is 1. The van der Waals surface area contributed by atoms with Crippen molar-refractivity contribution in [1.82, 2.24) is 15.2 Å². The standard InChI is InChI=1S/C15H22ClN3O/c1-12(11-19-7-3-2-4-8-19)9-18-15(20)13-5-6-14(16)17-10-13/h5-6,10,12H,2-4,7-9,11H2,1H3,(H,18,20). The van der Waals surface area contributed by atoms with E-state index in [-0.39, 0.29) is 5.91 Å². The Morgan fingerprint density at radius 1 is 1.40 bits per heavy atom. The first kappa shape index (κ1) is 15.3. The number of halogens is 1. The smallest absolute Gasteiger partial charge is 0.252 e. The lowest BCUT2D eigenvalue weighted by molar-refractivity contribution is 0.0942. The lowest BCUT2D eigenvalue weighted by atomic mass is 10.1. The summed E-state index contributed by atoms with van der Waals surface area (Å²) in [5.41, 5.74) is 0.555. The number of amides is 1. The van der Waals surface area contributed by atoms with Gasteiger partial charge in [-0.05, 0) is 44.0 Å². The Morgan fingerprint density at radius 2 is 2.15 bits per heavy atom. The molecule has 2 rings (SSSR count). The van der Waals surface area contributed by atoms with Crippen LogP contribution in [0.1, 0.15) is 36.5 Å². The number of piperidine rings is 1. The second kappa shape index (κ2) is 7.60. The molecule has 0 radical (unpaired) electrons. The van der Waals surface area contributed by atoms with E-state index in [0.717, 1.165) is 6.54 Å². The molecule has 4 nitrogen and oxygen atoms in total. The molecule has 1 N–H and O–H groups in total. The number of nitrogens with zero attached hydrogens (tertiary/aromatic N) is 2. The number of aromatic nitrogens is 1. The zero-order valence-electron chi connectivity index (χ0n) is 11.9. The summed E-state index contributed by atoms with van der Waals surface area (Å²) < 4.78 is 0. The van der Waals surface area contributed by atoms with Gasteiger partial charge in [0.1, 0.15) is 5.15 Å². The number of nitrogens with one attached hydrogen (secondary N) is 1. The fraction of sp³-hybridized carbons (Fsp3) is 0.600. The van der Waals surface area contributed by atoms with Crippen LogP contribution < -0.4 is 5.32 Å². The van der Waals surface area contributed by atoms with Crippen molar-refractivity contribution >= 4 is 17.5 Å². The number of pyridine rings is 1. The van der Waals surface area contributed by atoms with Crippen LogP contribution in [-0.2, 0) is 0 Å². The van der Waals surface area contributed by atoms with Crippen LogP contribution in [0.5, 0.6) is 0 Å². The summed E-state index contributed by atoms with van der Waals surface area (Å²) in [6.45, 7) is 6.31. The van der Waals surface area contributed by atoms with Gasteiger partial charge in [0.15, 0.2) is 0 Å². The maximum Gasteiger partial charge on any atom is 0.252 e. The van der Waals surface area contributed by atoms with Gasteiger partial charge in [0, 0.05) is 19.3 Å². The molecule has 0 spiro atoms. The highest BCUT2D eigenvalue weighted by molar-refractivity contribution is 6.29. The van der Waals surface area contributed by atoms with Crippen LogP contribution in [0.4, 0.5) is 0 Å². The van der Waals surface area contributed by atoms with Crippen LogP contribution in [0.3, 0.4) is 0 Å². The summed E-state index contributed by atoms with van der Waals surface area (Å²) in [6.07, 6.45) is 5.46. The lowest BCUT2D eigenvalue weighted by Gasteiger charge is -2.29. The number of carbonyl (C=O) groups is 1. The molecule has 20 heavy (non-hydrogen) atoms. The minimum Gasteiger partial charge on any atom is -0.352 e. The van der Waals surface area contributed by atoms with Crippen molar-refractivity contribution in [3.63, 3.8) is 0 Å². The van der Waals surface area contributed by atoms with Gasteiger partial charge in [0.25, 0.3) is 5.91 Å². The Kier molecular flexibility index (Phi) is 5.80. The molecular formula is C15H22ClN3O. The second-order valence-electron chi connectivity index (χ2n) is 5.55. The van der Waals surface area contributed by atoms with E-state index in [9.17, 15) is 4.79 Å². The highest BCUT2D eigenvalue weighted by Crippen LogP contribution is 2.11. The summed E-state index contributed by atoms with van der Waals surface area (Å²) in [5, 5.41) is 3.36. The quantitative estimate of drug-likeness (QED) is 0.849. The van der Waals surface area contributed by atoms with Crippen molar-refractivity contribution < 1.29 is 4.79 Å². The molecule has 1 aromatic rings. The summed E-state index contributed by atoms with van der Waals surface area (Å²) in [6, 6.07) is 3.33. The third-order valence-corrected chi connectivity index (χ3v) is 3.84. The van der Waals surface area contributed by atoms with Crippen molar-refractivity contribution in [2.24, 2.45) is 5.92 Å². The van der Waals surface area contributed by atoms with E-state index in [2.05, 4.69) is 22.1 Å². The van der Waals surface area contributed by atoms with Gasteiger partial charge in [0.2, 0.25) is 0 Å². The molecule has 1 fully saturated rings. The van der Waals surface area contributed by atoms with E-state index in [1.165, 1.54) is 38.5 Å². The van der Waals surface area contributed by atoms with Gasteiger partial charge in [-0.2, -0.15) is 0 Å². The molecule has 1 aromatic heterocycles. The molecule has 0 aliphatic carbocycles. The molecule has 1 atom stereocenters. The molecule has 1 aliphatic rings. The second-order valence-corrected chi connectivity index (χ2v) is 5.93. The molecule has 2 heterocycles. The molecular weight excluding hydrogens is 274 g/mol. The number of hydrogen-bond donors (Lipinski definition) is 1. The Bertz CT molecular complexity index is 429. The van der Waals surface area contributed by atoms with Crippen molar-refractivity contribution in [3.8, 4) is 0 Å². The third kappa shape index (κ3) is 4.76. The van der Waals surface area contributed by atoms with Crippen LogP contribution in [-0.4, -0.2) is 42.0 Å². The van der Waals surface area contributed by atoms with E-state index in [0.29, 0.717) is 23.2 Å². The number of rotatable bonds is 5. The van der Waals surface area contributed by atoms with E-state index in [1.807, 2.05) is 0 Å². The van der Waals surface area contributed by atoms with Crippen molar-refractivity contribution in [2.45, 2.75) is 26.2 Å². The highest BCUT2D eigenvalue weighted by atomic mass is 35.5. The van der Waals surface area contributed by atoms with Gasteiger partial charge in [-0.25, -0.2) is 4.98 Å². The first-order chi connectivity index (χ1) is 9.65. The summed E-state index contributed by atoms with van der Waals surface area (Å²) in [4.78, 5) is 18.4. The highest BCUT2D eigenvalue weighted by Gasteiger charge is 2.14. The molecule has 1 saturated heterocycles. The first-order valence-electron chi connectivity index (χ1n) is 7.27. The van der Waals surface area contributed by atoms with E-state index in [4.69, 9.17) is 11.6 Å². The normalized spacial score (nSPS) is 17.7. The van der Waals surface area contributed by atoms with Gasteiger partial charge >= 0.3 is 0 Å². The van der Waals surface area contributed by atoms with Gasteiger partial charge in [-0.15, -0.1) is 0 Å². The van der Waals surface area contributed by atoms with Gasteiger partial charge in [-0.3, -0.25) is 4.79 Å². The van der Waals surface area contributed by atoms with Crippen LogP contribution in [0, 0.1) is 5.92 Å². The molecule has 1 aliphatic heterocycles. The largest absolute Gasteiger partial charge is 0.352 e. The first-order valence-corrected chi connectivity index (χ1v) is 7.65. The Balaban J connectivity index is 1.73. The SMILES string of the molecule is CC(CNC(=O)c1ccc(Cl)nc1)CN1CCCCC1. The maximum absolute atomic E-state index is 11.9. The monoisotopic (exact) mass is 295 g/mol. The Morgan fingerprint density at radius 3 is 2.80 bits per heavy atom. The van der Waals surface area contributed by atoms with E-state index < -0.39 is 0 Å². The van der Waals surface area contributed by atoms with Crippen LogP contribution in [0.2, 0.25) is 5.15 Å². The third-order valence-electron chi connectivity index (χ3n) is 3.62. The molecule has 110 valence electrons. The lowest BCUT2D eigenvalue weighted by Crippen LogP contribution is -2.38. The average molecular weight is 296 g/mol. The number of likely N-dealkylation sites (tertiary alicyclic amines) is 1. The van der Waals surface area contributed by atoms with E-state index in [1.54, 1.807) is 12.1 Å². The van der Waals surface area contributed by atoms with Crippen LogP contribution >= 0.6 is 11.6 Å². The van der Waals surface area contributed by atoms with Gasteiger partial charge in [-0.1, -0.05) is 24.9 Å². The van der Waals surface area contributed by atoms with Crippen LogP contribution in [0.25, 0.3) is 0 Å². The van der Waals surface area contributed by atoms with Crippen molar-refractivity contribution in [1.29, 1.82) is 0 Å². The molecule has 5 heteroatoms.